The molecule has 0 saturated heterocycles. The predicted octanol–water partition coefficient (Wildman–Crippen LogP) is 2.90. The minimum Gasteiger partial charge on any atom is -0.360 e. The second-order valence-corrected chi connectivity index (χ2v) is 7.93. The average Bonchev–Trinajstić information content (AvgIpc) is 3.31. The second-order valence-electron chi connectivity index (χ2n) is 7.09. The molecule has 0 unspecified atom stereocenters. The molecule has 0 aliphatic carbocycles. The van der Waals surface area contributed by atoms with Gasteiger partial charge in [0.25, 0.3) is 5.56 Å². The van der Waals surface area contributed by atoms with Gasteiger partial charge in [-0.3, -0.25) is 9.20 Å². The summed E-state index contributed by atoms with van der Waals surface area (Å²) < 4.78 is 16.8. The molecule has 4 heterocycles. The molecule has 11 heteroatoms. The van der Waals surface area contributed by atoms with E-state index in [-0.39, 0.29) is 5.56 Å². The highest BCUT2D eigenvalue weighted by molar-refractivity contribution is 7.15. The molecule has 9 nitrogen and oxygen atoms in total. The van der Waals surface area contributed by atoms with Crippen molar-refractivity contribution in [3.05, 3.63) is 69.9 Å². The Morgan fingerprint density at radius 3 is 2.90 bits per heavy atom. The van der Waals surface area contributed by atoms with Gasteiger partial charge in [0.1, 0.15) is 18.5 Å². The molecule has 156 valence electrons. The van der Waals surface area contributed by atoms with Gasteiger partial charge < -0.3 is 11.2 Å². The Morgan fingerprint density at radius 1 is 1.26 bits per heavy atom. The number of aryl methyl sites for hydroxylation is 1. The van der Waals surface area contributed by atoms with Gasteiger partial charge in [0.05, 0.1) is 17.3 Å². The molecular formula is C20H17FN8OS. The third-order valence-corrected chi connectivity index (χ3v) is 5.95. The quantitative estimate of drug-likeness (QED) is 0.416. The Bertz CT molecular complexity index is 1500. The molecule has 1 atom stereocenters. The Kier molecular flexibility index (Phi) is 4.40. The highest BCUT2D eigenvalue weighted by atomic mass is 32.1. The van der Waals surface area contributed by atoms with Crippen LogP contribution in [0.2, 0.25) is 0 Å². The standard InChI is InChI=1S/C20H17FN8OS/c1-10-7-31-20-27-15(14(19(30)29(10)20)12-4-3-5-13(21)6-12)11(2)26-17-16-18(24-8-23-17)28(22)9-25-16/h3-9,11H,22H2,1-2H3,(H,23,24,26)/t11-/m0/s1. The number of hydrogen-bond donors (Lipinski definition) is 2. The molecule has 3 N–H and O–H groups in total. The van der Waals surface area contributed by atoms with Crippen molar-refractivity contribution < 1.29 is 4.39 Å². The minimum atomic E-state index is -0.445. The molecule has 5 aromatic rings. The largest absolute Gasteiger partial charge is 0.360 e. The second kappa shape index (κ2) is 7.13. The van der Waals surface area contributed by atoms with E-state index in [4.69, 9.17) is 10.8 Å². The predicted molar refractivity (Wildman–Crippen MR) is 117 cm³/mol. The lowest BCUT2D eigenvalue weighted by Crippen LogP contribution is -2.23. The van der Waals surface area contributed by atoms with Crippen molar-refractivity contribution in [3.8, 4) is 11.1 Å². The molecule has 0 saturated carbocycles. The highest BCUT2D eigenvalue weighted by Crippen LogP contribution is 2.29. The third kappa shape index (κ3) is 3.10. The number of rotatable bonds is 4. The number of nitrogen functional groups attached to an aromatic ring is 1. The van der Waals surface area contributed by atoms with E-state index in [0.29, 0.717) is 38.8 Å². The lowest BCUT2D eigenvalue weighted by atomic mass is 10.0. The van der Waals surface area contributed by atoms with Crippen LogP contribution in [-0.4, -0.2) is 29.0 Å². The summed E-state index contributed by atoms with van der Waals surface area (Å²) >= 11 is 1.37. The fourth-order valence-corrected chi connectivity index (χ4v) is 4.42. The smallest absolute Gasteiger partial charge is 0.266 e. The lowest BCUT2D eigenvalue weighted by molar-refractivity contribution is 0.628. The molecule has 31 heavy (non-hydrogen) atoms. The van der Waals surface area contributed by atoms with E-state index in [1.54, 1.807) is 16.5 Å². The molecule has 0 bridgehead atoms. The van der Waals surface area contributed by atoms with Crippen LogP contribution in [0, 0.1) is 12.7 Å². The number of imidazole rings is 1. The lowest BCUT2D eigenvalue weighted by Gasteiger charge is -2.18. The summed E-state index contributed by atoms with van der Waals surface area (Å²) in [6.07, 6.45) is 2.82. The Balaban J connectivity index is 1.69. The van der Waals surface area contributed by atoms with Crippen LogP contribution in [0.5, 0.6) is 0 Å². The number of nitrogens with two attached hydrogens (primary N) is 1. The maximum absolute atomic E-state index is 14.0. The summed E-state index contributed by atoms with van der Waals surface area (Å²) in [4.78, 5) is 31.4. The van der Waals surface area contributed by atoms with Gasteiger partial charge in [-0.2, -0.15) is 0 Å². The number of fused-ring (bicyclic) bond motifs is 2. The van der Waals surface area contributed by atoms with Gasteiger partial charge in [0.15, 0.2) is 21.9 Å². The molecule has 0 fully saturated rings. The van der Waals surface area contributed by atoms with Crippen molar-refractivity contribution in [1.82, 2.24) is 29.0 Å². The molecule has 4 aromatic heterocycles. The van der Waals surface area contributed by atoms with Gasteiger partial charge >= 0.3 is 0 Å². The fraction of sp³-hybridized carbons (Fsp3) is 0.150. The topological polar surface area (TPSA) is 116 Å². The Hall–Kier alpha value is -3.86. The zero-order valence-corrected chi connectivity index (χ0v) is 17.4. The van der Waals surface area contributed by atoms with Crippen LogP contribution in [-0.2, 0) is 0 Å². The average molecular weight is 436 g/mol. The van der Waals surface area contributed by atoms with E-state index in [2.05, 4.69) is 20.3 Å². The molecule has 0 radical (unpaired) electrons. The number of halogens is 1. The van der Waals surface area contributed by atoms with Crippen LogP contribution in [0.3, 0.4) is 0 Å². The Morgan fingerprint density at radius 2 is 2.10 bits per heavy atom. The summed E-state index contributed by atoms with van der Waals surface area (Å²) in [5.41, 5.74) is 2.75. The van der Waals surface area contributed by atoms with Crippen molar-refractivity contribution >= 4 is 33.3 Å². The number of thiazole rings is 1. The minimum absolute atomic E-state index is 0.253. The Labute approximate surface area is 179 Å². The van der Waals surface area contributed by atoms with E-state index in [0.717, 1.165) is 5.69 Å². The van der Waals surface area contributed by atoms with Crippen LogP contribution < -0.4 is 16.7 Å². The van der Waals surface area contributed by atoms with Crippen molar-refractivity contribution in [2.75, 3.05) is 11.2 Å². The SMILES string of the molecule is Cc1csc2nc([C@H](C)Nc3ncnc4c3ncn4N)c(-c3cccc(F)c3)c(=O)n12. The highest BCUT2D eigenvalue weighted by Gasteiger charge is 2.22. The molecule has 0 amide bonds. The molecule has 0 aliphatic heterocycles. The van der Waals surface area contributed by atoms with Gasteiger partial charge in [-0.1, -0.05) is 12.1 Å². The maximum Gasteiger partial charge on any atom is 0.266 e. The van der Waals surface area contributed by atoms with Crippen molar-refractivity contribution in [2.45, 2.75) is 19.9 Å². The van der Waals surface area contributed by atoms with E-state index in [1.165, 1.54) is 40.8 Å². The van der Waals surface area contributed by atoms with Crippen LogP contribution in [0.15, 0.2) is 47.1 Å². The molecule has 5 rings (SSSR count). The van der Waals surface area contributed by atoms with Crippen molar-refractivity contribution in [2.24, 2.45) is 0 Å². The number of benzene rings is 1. The first kappa shape index (κ1) is 19.1. The van der Waals surface area contributed by atoms with E-state index >= 15 is 0 Å². The first-order chi connectivity index (χ1) is 14.9. The number of hydrogen-bond acceptors (Lipinski definition) is 8. The monoisotopic (exact) mass is 436 g/mol. The zero-order valence-electron chi connectivity index (χ0n) is 16.6. The number of nitrogens with zero attached hydrogens (tertiary/aromatic N) is 6. The van der Waals surface area contributed by atoms with Gasteiger partial charge in [-0.05, 0) is 31.5 Å². The van der Waals surface area contributed by atoms with E-state index in [1.807, 2.05) is 19.2 Å². The van der Waals surface area contributed by atoms with Crippen LogP contribution in [0.25, 0.3) is 27.3 Å². The van der Waals surface area contributed by atoms with Gasteiger partial charge in [-0.25, -0.2) is 29.0 Å². The fourth-order valence-electron chi connectivity index (χ4n) is 3.56. The first-order valence-corrected chi connectivity index (χ1v) is 10.3. The van der Waals surface area contributed by atoms with E-state index < -0.39 is 11.9 Å². The maximum atomic E-state index is 14.0. The summed E-state index contributed by atoms with van der Waals surface area (Å²) in [5.74, 6) is 5.86. The summed E-state index contributed by atoms with van der Waals surface area (Å²) in [5, 5.41) is 5.12. The number of aromatic nitrogens is 6. The normalized spacial score (nSPS) is 12.5. The van der Waals surface area contributed by atoms with Gasteiger partial charge in [-0.15, -0.1) is 11.3 Å². The number of anilines is 1. The van der Waals surface area contributed by atoms with Gasteiger partial charge in [0, 0.05) is 11.1 Å². The first-order valence-electron chi connectivity index (χ1n) is 9.40. The van der Waals surface area contributed by atoms with Gasteiger partial charge in [0.2, 0.25) is 0 Å². The molecule has 0 spiro atoms. The van der Waals surface area contributed by atoms with Crippen LogP contribution in [0.1, 0.15) is 24.4 Å². The van der Waals surface area contributed by atoms with Crippen LogP contribution >= 0.6 is 11.3 Å². The number of nitrogens with one attached hydrogen (secondary N) is 1. The van der Waals surface area contributed by atoms with E-state index in [9.17, 15) is 9.18 Å². The van der Waals surface area contributed by atoms with Crippen molar-refractivity contribution in [1.29, 1.82) is 0 Å². The summed E-state index contributed by atoms with van der Waals surface area (Å²) in [7, 11) is 0. The third-order valence-electron chi connectivity index (χ3n) is 5.00. The summed E-state index contributed by atoms with van der Waals surface area (Å²) in [6, 6.07) is 5.50. The van der Waals surface area contributed by atoms with Crippen LogP contribution in [0.4, 0.5) is 10.2 Å². The van der Waals surface area contributed by atoms with Crippen molar-refractivity contribution in [3.63, 3.8) is 0 Å². The molecule has 0 aliphatic rings. The molecular weight excluding hydrogens is 419 g/mol. The summed E-state index contributed by atoms with van der Waals surface area (Å²) in [6.45, 7) is 3.69. The molecule has 1 aromatic carbocycles. The zero-order chi connectivity index (χ0) is 21.7.